The third-order valence-corrected chi connectivity index (χ3v) is 4.46. The minimum absolute atomic E-state index is 0.00409. The second-order valence-corrected chi connectivity index (χ2v) is 6.38. The molecule has 0 aromatic carbocycles. The van der Waals surface area contributed by atoms with Crippen molar-refractivity contribution in [2.45, 2.75) is 45.1 Å². The number of hydrogen-bond acceptors (Lipinski definition) is 3. The summed E-state index contributed by atoms with van der Waals surface area (Å²) in [6.45, 7) is 5.74. The minimum Gasteiger partial charge on any atom is -0.354 e. The molecule has 0 radical (unpaired) electrons. The number of amides is 1. The van der Waals surface area contributed by atoms with Gasteiger partial charge in [-0.15, -0.1) is 0 Å². The van der Waals surface area contributed by atoms with Gasteiger partial charge in [-0.25, -0.2) is 0 Å². The fourth-order valence-corrected chi connectivity index (χ4v) is 2.27. The lowest BCUT2D eigenvalue weighted by atomic mass is 9.81. The Balaban J connectivity index is 2.34. The van der Waals surface area contributed by atoms with E-state index in [0.29, 0.717) is 12.5 Å². The molecule has 1 rings (SSSR count). The van der Waals surface area contributed by atoms with E-state index in [1.54, 1.807) is 0 Å². The SMILES string of the molecule is CN(C)C(C)(C)CNC(=O)C1CCC(CN)CC1. The molecule has 3 N–H and O–H groups in total. The first kappa shape index (κ1) is 15.4. The van der Waals surface area contributed by atoms with Gasteiger partial charge in [0.2, 0.25) is 5.91 Å². The molecule has 4 nitrogen and oxygen atoms in total. The Hall–Kier alpha value is -0.610. The number of carbonyl (C=O) groups is 1. The molecule has 0 aromatic heterocycles. The van der Waals surface area contributed by atoms with Crippen molar-refractivity contribution in [2.75, 3.05) is 27.2 Å². The Kier molecular flexibility index (Phi) is 5.60. The molecule has 0 aromatic rings. The molecule has 18 heavy (non-hydrogen) atoms. The molecular formula is C14H29N3O. The van der Waals surface area contributed by atoms with Crippen molar-refractivity contribution < 1.29 is 4.79 Å². The van der Waals surface area contributed by atoms with Gasteiger partial charge < -0.3 is 16.0 Å². The van der Waals surface area contributed by atoms with Gasteiger partial charge in [-0.3, -0.25) is 4.79 Å². The highest BCUT2D eigenvalue weighted by Gasteiger charge is 2.27. The van der Waals surface area contributed by atoms with Gasteiger partial charge in [0.25, 0.3) is 0 Å². The van der Waals surface area contributed by atoms with Crippen LogP contribution in [0.5, 0.6) is 0 Å². The lowest BCUT2D eigenvalue weighted by Crippen LogP contribution is -2.49. The van der Waals surface area contributed by atoms with Crippen molar-refractivity contribution in [1.29, 1.82) is 0 Å². The molecule has 0 spiro atoms. The number of nitrogens with two attached hydrogens (primary N) is 1. The number of hydrogen-bond donors (Lipinski definition) is 2. The number of carbonyl (C=O) groups excluding carboxylic acids is 1. The van der Waals surface area contributed by atoms with Gasteiger partial charge in [-0.2, -0.15) is 0 Å². The fourth-order valence-electron chi connectivity index (χ4n) is 2.27. The maximum atomic E-state index is 12.1. The first-order valence-electron chi connectivity index (χ1n) is 7.02. The Labute approximate surface area is 111 Å². The summed E-state index contributed by atoms with van der Waals surface area (Å²) in [4.78, 5) is 14.2. The molecule has 1 aliphatic rings. The summed E-state index contributed by atoms with van der Waals surface area (Å²) in [7, 11) is 4.08. The average Bonchev–Trinajstić information content (AvgIpc) is 2.36. The molecule has 0 unspecified atom stereocenters. The molecule has 0 heterocycles. The lowest BCUT2D eigenvalue weighted by Gasteiger charge is -2.34. The molecule has 0 saturated heterocycles. The van der Waals surface area contributed by atoms with Crippen LogP contribution in [0.1, 0.15) is 39.5 Å². The highest BCUT2D eigenvalue weighted by molar-refractivity contribution is 5.78. The zero-order valence-electron chi connectivity index (χ0n) is 12.3. The van der Waals surface area contributed by atoms with E-state index >= 15 is 0 Å². The van der Waals surface area contributed by atoms with Gasteiger partial charge in [-0.1, -0.05) is 0 Å². The monoisotopic (exact) mass is 255 g/mol. The van der Waals surface area contributed by atoms with Crippen LogP contribution in [0.4, 0.5) is 0 Å². The predicted molar refractivity (Wildman–Crippen MR) is 75.3 cm³/mol. The second-order valence-electron chi connectivity index (χ2n) is 6.38. The normalized spacial score (nSPS) is 25.2. The molecule has 106 valence electrons. The van der Waals surface area contributed by atoms with Crippen LogP contribution in [0.3, 0.4) is 0 Å². The van der Waals surface area contributed by atoms with E-state index in [0.717, 1.165) is 32.2 Å². The van der Waals surface area contributed by atoms with E-state index in [9.17, 15) is 4.79 Å². The number of nitrogens with zero attached hydrogens (tertiary/aromatic N) is 1. The van der Waals surface area contributed by atoms with Crippen molar-refractivity contribution >= 4 is 5.91 Å². The average molecular weight is 255 g/mol. The second kappa shape index (κ2) is 6.53. The topological polar surface area (TPSA) is 58.4 Å². The molecule has 4 heteroatoms. The lowest BCUT2D eigenvalue weighted by molar-refractivity contribution is -0.126. The van der Waals surface area contributed by atoms with Crippen LogP contribution < -0.4 is 11.1 Å². The van der Waals surface area contributed by atoms with Crippen LogP contribution in [0, 0.1) is 11.8 Å². The first-order chi connectivity index (χ1) is 8.36. The van der Waals surface area contributed by atoms with E-state index in [2.05, 4.69) is 24.1 Å². The van der Waals surface area contributed by atoms with Gasteiger partial charge in [0, 0.05) is 18.0 Å². The summed E-state index contributed by atoms with van der Waals surface area (Å²) in [5.41, 5.74) is 5.67. The van der Waals surface area contributed by atoms with Crippen LogP contribution in [0.25, 0.3) is 0 Å². The van der Waals surface area contributed by atoms with Crippen molar-refractivity contribution in [3.63, 3.8) is 0 Å². The van der Waals surface area contributed by atoms with Gasteiger partial charge in [0.1, 0.15) is 0 Å². The molecular weight excluding hydrogens is 226 g/mol. The number of nitrogens with one attached hydrogen (secondary N) is 1. The van der Waals surface area contributed by atoms with E-state index in [-0.39, 0.29) is 17.4 Å². The highest BCUT2D eigenvalue weighted by atomic mass is 16.1. The van der Waals surface area contributed by atoms with E-state index < -0.39 is 0 Å². The van der Waals surface area contributed by atoms with Gasteiger partial charge >= 0.3 is 0 Å². The fraction of sp³-hybridized carbons (Fsp3) is 0.929. The molecule has 0 atom stereocenters. The molecule has 1 saturated carbocycles. The van der Waals surface area contributed by atoms with E-state index in [1.165, 1.54) is 0 Å². The minimum atomic E-state index is 0.00409. The summed E-state index contributed by atoms with van der Waals surface area (Å²) >= 11 is 0. The number of likely N-dealkylation sites (N-methyl/N-ethyl adjacent to an activating group) is 1. The zero-order chi connectivity index (χ0) is 13.8. The summed E-state index contributed by atoms with van der Waals surface area (Å²) in [6, 6.07) is 0. The van der Waals surface area contributed by atoms with Crippen LogP contribution >= 0.6 is 0 Å². The summed E-state index contributed by atoms with van der Waals surface area (Å²) in [6.07, 6.45) is 4.20. The highest BCUT2D eigenvalue weighted by Crippen LogP contribution is 2.28. The smallest absolute Gasteiger partial charge is 0.223 e. The maximum Gasteiger partial charge on any atom is 0.223 e. The Morgan fingerprint density at radius 2 is 1.83 bits per heavy atom. The summed E-state index contributed by atoms with van der Waals surface area (Å²) in [5.74, 6) is 1.05. The van der Waals surface area contributed by atoms with Gasteiger partial charge in [-0.05, 0) is 66.1 Å². The van der Waals surface area contributed by atoms with Gasteiger partial charge in [0.15, 0.2) is 0 Å². The van der Waals surface area contributed by atoms with Crippen LogP contribution in [-0.4, -0.2) is 43.5 Å². The first-order valence-corrected chi connectivity index (χ1v) is 7.02. The Morgan fingerprint density at radius 3 is 2.28 bits per heavy atom. The molecule has 0 bridgehead atoms. The van der Waals surface area contributed by atoms with Crippen molar-refractivity contribution in [2.24, 2.45) is 17.6 Å². The Morgan fingerprint density at radius 1 is 1.28 bits per heavy atom. The van der Waals surface area contributed by atoms with Crippen LogP contribution in [-0.2, 0) is 4.79 Å². The van der Waals surface area contributed by atoms with Crippen LogP contribution in [0.2, 0.25) is 0 Å². The molecule has 1 aliphatic carbocycles. The quantitative estimate of drug-likeness (QED) is 0.776. The number of rotatable bonds is 5. The molecule has 0 aliphatic heterocycles. The van der Waals surface area contributed by atoms with Crippen molar-refractivity contribution in [3.8, 4) is 0 Å². The molecule has 1 amide bonds. The zero-order valence-corrected chi connectivity index (χ0v) is 12.3. The van der Waals surface area contributed by atoms with Crippen molar-refractivity contribution in [1.82, 2.24) is 10.2 Å². The van der Waals surface area contributed by atoms with E-state index in [1.807, 2.05) is 14.1 Å². The predicted octanol–water partition coefficient (Wildman–Crippen LogP) is 1.21. The largest absolute Gasteiger partial charge is 0.354 e. The van der Waals surface area contributed by atoms with Gasteiger partial charge in [0.05, 0.1) is 0 Å². The maximum absolute atomic E-state index is 12.1. The van der Waals surface area contributed by atoms with E-state index in [4.69, 9.17) is 5.73 Å². The molecule has 1 fully saturated rings. The summed E-state index contributed by atoms with van der Waals surface area (Å²) in [5, 5.41) is 3.09. The van der Waals surface area contributed by atoms with Crippen molar-refractivity contribution in [3.05, 3.63) is 0 Å². The van der Waals surface area contributed by atoms with Crippen LogP contribution in [0.15, 0.2) is 0 Å². The summed E-state index contributed by atoms with van der Waals surface area (Å²) < 4.78 is 0. The Bertz CT molecular complexity index is 268. The third-order valence-electron chi connectivity index (χ3n) is 4.46. The standard InChI is InChI=1S/C14H29N3O/c1-14(2,17(3)4)10-16-13(18)12-7-5-11(9-15)6-8-12/h11-12H,5-10,15H2,1-4H3,(H,16,18). The third kappa shape index (κ3) is 4.25.